The summed E-state index contributed by atoms with van der Waals surface area (Å²) in [5.41, 5.74) is 3.20. The van der Waals surface area contributed by atoms with Gasteiger partial charge in [0.15, 0.2) is 0 Å². The fourth-order valence-corrected chi connectivity index (χ4v) is 2.51. The standard InChI is InChI=1S/C14H19BrO2/c1-9(2)8-17-12-5-10(3)14(11(4)6-12)13(15)7-16/h5-7,9,13H,8H2,1-4H3. The van der Waals surface area contributed by atoms with Gasteiger partial charge in [-0.25, -0.2) is 0 Å². The number of carbonyl (C=O) groups is 1. The molecular formula is C14H19BrO2. The van der Waals surface area contributed by atoms with E-state index in [-0.39, 0.29) is 4.83 Å². The van der Waals surface area contributed by atoms with E-state index in [2.05, 4.69) is 29.8 Å². The molecule has 0 spiro atoms. The maximum Gasteiger partial charge on any atom is 0.138 e. The molecule has 1 aromatic rings. The van der Waals surface area contributed by atoms with Crippen LogP contribution in [0, 0.1) is 19.8 Å². The molecule has 0 aliphatic rings. The summed E-state index contributed by atoms with van der Waals surface area (Å²) in [7, 11) is 0. The number of ether oxygens (including phenoxy) is 1. The number of hydrogen-bond donors (Lipinski definition) is 0. The van der Waals surface area contributed by atoms with Crippen molar-refractivity contribution in [3.63, 3.8) is 0 Å². The van der Waals surface area contributed by atoms with Crippen LogP contribution in [0.4, 0.5) is 0 Å². The second kappa shape index (κ2) is 6.20. The number of aryl methyl sites for hydroxylation is 2. The van der Waals surface area contributed by atoms with Crippen LogP contribution in [0.15, 0.2) is 12.1 Å². The van der Waals surface area contributed by atoms with Crippen molar-refractivity contribution in [3.05, 3.63) is 28.8 Å². The average molecular weight is 299 g/mol. The van der Waals surface area contributed by atoms with Gasteiger partial charge in [0.25, 0.3) is 0 Å². The lowest BCUT2D eigenvalue weighted by Gasteiger charge is -2.15. The van der Waals surface area contributed by atoms with E-state index in [1.807, 2.05) is 26.0 Å². The third-order valence-corrected chi connectivity index (χ3v) is 3.22. The zero-order valence-electron chi connectivity index (χ0n) is 10.8. The predicted molar refractivity (Wildman–Crippen MR) is 74.0 cm³/mol. The van der Waals surface area contributed by atoms with E-state index in [0.717, 1.165) is 28.7 Å². The molecule has 0 aliphatic heterocycles. The van der Waals surface area contributed by atoms with Gasteiger partial charge in [0.05, 0.1) is 11.4 Å². The summed E-state index contributed by atoms with van der Waals surface area (Å²) in [6.45, 7) is 8.96. The third kappa shape index (κ3) is 3.84. The van der Waals surface area contributed by atoms with E-state index in [1.165, 1.54) is 0 Å². The number of halogens is 1. The van der Waals surface area contributed by atoms with Gasteiger partial charge < -0.3 is 9.53 Å². The first-order valence-electron chi connectivity index (χ1n) is 5.79. The van der Waals surface area contributed by atoms with Crippen molar-refractivity contribution in [1.29, 1.82) is 0 Å². The van der Waals surface area contributed by atoms with Gasteiger partial charge in [0, 0.05) is 0 Å². The summed E-state index contributed by atoms with van der Waals surface area (Å²) in [6.07, 6.45) is 0.907. The lowest BCUT2D eigenvalue weighted by atomic mass is 10.00. The monoisotopic (exact) mass is 298 g/mol. The predicted octanol–water partition coefficient (Wildman–Crippen LogP) is 3.97. The summed E-state index contributed by atoms with van der Waals surface area (Å²) in [4.78, 5) is 10.6. The quantitative estimate of drug-likeness (QED) is 0.607. The summed E-state index contributed by atoms with van der Waals surface area (Å²) in [5, 5.41) is 0. The van der Waals surface area contributed by atoms with Crippen molar-refractivity contribution in [1.82, 2.24) is 0 Å². The minimum Gasteiger partial charge on any atom is -0.493 e. The Morgan fingerprint density at radius 1 is 1.29 bits per heavy atom. The summed E-state index contributed by atoms with van der Waals surface area (Å²) in [5.74, 6) is 1.39. The highest BCUT2D eigenvalue weighted by Crippen LogP contribution is 2.30. The Morgan fingerprint density at radius 2 is 1.82 bits per heavy atom. The maximum atomic E-state index is 10.8. The molecule has 1 aromatic carbocycles. The molecule has 1 unspecified atom stereocenters. The molecular weight excluding hydrogens is 280 g/mol. The van der Waals surface area contributed by atoms with Crippen molar-refractivity contribution in [2.24, 2.45) is 5.92 Å². The highest BCUT2D eigenvalue weighted by atomic mass is 79.9. The molecule has 0 bridgehead atoms. The molecule has 0 N–H and O–H groups in total. The van der Waals surface area contributed by atoms with Crippen LogP contribution in [0.1, 0.15) is 35.4 Å². The van der Waals surface area contributed by atoms with Crippen molar-refractivity contribution in [2.75, 3.05) is 6.61 Å². The highest BCUT2D eigenvalue weighted by molar-refractivity contribution is 9.09. The minimum atomic E-state index is -0.235. The van der Waals surface area contributed by atoms with Crippen LogP contribution in [-0.4, -0.2) is 12.9 Å². The maximum absolute atomic E-state index is 10.8. The zero-order valence-corrected chi connectivity index (χ0v) is 12.4. The molecule has 0 heterocycles. The van der Waals surface area contributed by atoms with Crippen LogP contribution in [-0.2, 0) is 4.79 Å². The van der Waals surface area contributed by atoms with Gasteiger partial charge in [-0.1, -0.05) is 29.8 Å². The SMILES string of the molecule is Cc1cc(OCC(C)C)cc(C)c1C(Br)C=O. The minimum absolute atomic E-state index is 0.235. The first-order valence-corrected chi connectivity index (χ1v) is 6.70. The van der Waals surface area contributed by atoms with E-state index in [9.17, 15) is 4.79 Å². The van der Waals surface area contributed by atoms with Crippen molar-refractivity contribution >= 4 is 22.2 Å². The smallest absolute Gasteiger partial charge is 0.138 e. The fraction of sp³-hybridized carbons (Fsp3) is 0.500. The molecule has 0 aromatic heterocycles. The Hall–Kier alpha value is -0.830. The van der Waals surface area contributed by atoms with Gasteiger partial charge >= 0.3 is 0 Å². The van der Waals surface area contributed by atoms with Crippen LogP contribution < -0.4 is 4.74 Å². The van der Waals surface area contributed by atoms with E-state index in [0.29, 0.717) is 12.5 Å². The Morgan fingerprint density at radius 3 is 2.24 bits per heavy atom. The van der Waals surface area contributed by atoms with Crippen molar-refractivity contribution < 1.29 is 9.53 Å². The molecule has 0 saturated carbocycles. The highest BCUT2D eigenvalue weighted by Gasteiger charge is 2.13. The zero-order chi connectivity index (χ0) is 13.0. The molecule has 0 radical (unpaired) electrons. The molecule has 94 valence electrons. The van der Waals surface area contributed by atoms with E-state index in [4.69, 9.17) is 4.74 Å². The Kier molecular flexibility index (Phi) is 5.19. The van der Waals surface area contributed by atoms with Crippen molar-refractivity contribution in [2.45, 2.75) is 32.5 Å². The third-order valence-electron chi connectivity index (χ3n) is 2.55. The lowest BCUT2D eigenvalue weighted by Crippen LogP contribution is -2.06. The Bertz CT molecular complexity index is 376. The number of benzene rings is 1. The molecule has 0 amide bonds. The molecule has 3 heteroatoms. The van der Waals surface area contributed by atoms with E-state index in [1.54, 1.807) is 0 Å². The van der Waals surface area contributed by atoms with Gasteiger partial charge in [-0.2, -0.15) is 0 Å². The normalized spacial score (nSPS) is 12.6. The summed E-state index contributed by atoms with van der Waals surface area (Å²) in [6, 6.07) is 3.98. The molecule has 0 saturated heterocycles. The van der Waals surface area contributed by atoms with E-state index >= 15 is 0 Å². The molecule has 1 atom stereocenters. The lowest BCUT2D eigenvalue weighted by molar-refractivity contribution is -0.107. The van der Waals surface area contributed by atoms with Gasteiger partial charge in [0.1, 0.15) is 12.0 Å². The van der Waals surface area contributed by atoms with Crippen LogP contribution in [0.25, 0.3) is 0 Å². The Balaban J connectivity index is 2.97. The second-order valence-electron chi connectivity index (χ2n) is 4.71. The molecule has 0 fully saturated rings. The molecule has 2 nitrogen and oxygen atoms in total. The Labute approximate surface area is 111 Å². The summed E-state index contributed by atoms with van der Waals surface area (Å²) >= 11 is 3.36. The molecule has 0 aliphatic carbocycles. The number of rotatable bonds is 5. The average Bonchev–Trinajstić information content (AvgIpc) is 2.25. The number of aldehydes is 1. The van der Waals surface area contributed by atoms with Crippen LogP contribution in [0.2, 0.25) is 0 Å². The molecule has 17 heavy (non-hydrogen) atoms. The van der Waals surface area contributed by atoms with Crippen LogP contribution >= 0.6 is 15.9 Å². The van der Waals surface area contributed by atoms with Crippen molar-refractivity contribution in [3.8, 4) is 5.75 Å². The van der Waals surface area contributed by atoms with Crippen LogP contribution in [0.5, 0.6) is 5.75 Å². The largest absolute Gasteiger partial charge is 0.493 e. The van der Waals surface area contributed by atoms with Gasteiger partial charge in [0.2, 0.25) is 0 Å². The topological polar surface area (TPSA) is 26.3 Å². The number of alkyl halides is 1. The van der Waals surface area contributed by atoms with E-state index < -0.39 is 0 Å². The molecule has 1 rings (SSSR count). The first-order chi connectivity index (χ1) is 7.95. The van der Waals surface area contributed by atoms with Gasteiger partial charge in [-0.3, -0.25) is 0 Å². The first kappa shape index (κ1) is 14.2. The number of carbonyl (C=O) groups excluding carboxylic acids is 1. The second-order valence-corrected chi connectivity index (χ2v) is 5.70. The summed E-state index contributed by atoms with van der Waals surface area (Å²) < 4.78 is 5.69. The van der Waals surface area contributed by atoms with Crippen LogP contribution in [0.3, 0.4) is 0 Å². The van der Waals surface area contributed by atoms with Gasteiger partial charge in [-0.05, 0) is 48.6 Å². The fourth-order valence-electron chi connectivity index (χ4n) is 1.78. The van der Waals surface area contributed by atoms with Gasteiger partial charge in [-0.15, -0.1) is 0 Å². The number of hydrogen-bond acceptors (Lipinski definition) is 2.